The fraction of sp³-hybridized carbons (Fsp3) is 0.600. The van der Waals surface area contributed by atoms with Crippen molar-refractivity contribution < 1.29 is 9.32 Å². The second-order valence-corrected chi connectivity index (χ2v) is 6.95. The normalized spacial score (nSPS) is 18.2. The monoisotopic (exact) mass is 296 g/mol. The number of phenols is 1. The predicted molar refractivity (Wildman–Crippen MR) is 84.9 cm³/mol. The molecule has 2 N–H and O–H groups in total. The fourth-order valence-corrected chi connectivity index (χ4v) is 3.51. The van der Waals surface area contributed by atoms with Gasteiger partial charge in [0.2, 0.25) is 0 Å². The summed E-state index contributed by atoms with van der Waals surface area (Å²) in [7, 11) is -0.670. The molecule has 1 aromatic rings. The smallest absolute Gasteiger partial charge is 0.122 e. The molecule has 1 unspecified atom stereocenters. The molecule has 5 heteroatoms. The van der Waals surface area contributed by atoms with Gasteiger partial charge in [-0.25, -0.2) is 0 Å². The van der Waals surface area contributed by atoms with Crippen LogP contribution in [0.3, 0.4) is 0 Å². The molecule has 1 aliphatic rings. The van der Waals surface area contributed by atoms with Gasteiger partial charge in [0.15, 0.2) is 0 Å². The third-order valence-electron chi connectivity index (χ3n) is 3.72. The summed E-state index contributed by atoms with van der Waals surface area (Å²) >= 11 is 0. The molecule has 0 aliphatic carbocycles. The minimum absolute atomic E-state index is 0.151. The standard InChI is InChI=1S/C15H24N2O2S/c1-3-6-16-12(2)14-5-4-13(11-15(14)18)17-7-9-20(19)10-8-17/h4-5,11-12,16,18H,3,6-10H2,1-2H3. The van der Waals surface area contributed by atoms with Gasteiger partial charge in [-0.15, -0.1) is 0 Å². The van der Waals surface area contributed by atoms with Crippen molar-refractivity contribution in [2.75, 3.05) is 36.0 Å². The number of nitrogens with zero attached hydrogens (tertiary/aromatic N) is 1. The molecule has 2 rings (SSSR count). The van der Waals surface area contributed by atoms with E-state index < -0.39 is 10.8 Å². The molecule has 1 aliphatic heterocycles. The Balaban J connectivity index is 2.07. The maximum Gasteiger partial charge on any atom is 0.122 e. The first kappa shape index (κ1) is 15.3. The highest BCUT2D eigenvalue weighted by atomic mass is 32.2. The molecule has 1 aromatic carbocycles. The highest BCUT2D eigenvalue weighted by molar-refractivity contribution is 7.85. The minimum atomic E-state index is -0.670. The van der Waals surface area contributed by atoms with Gasteiger partial charge < -0.3 is 15.3 Å². The van der Waals surface area contributed by atoms with Gasteiger partial charge in [-0.3, -0.25) is 4.21 Å². The Bertz CT molecular complexity index is 469. The Morgan fingerprint density at radius 1 is 1.40 bits per heavy atom. The van der Waals surface area contributed by atoms with Crippen LogP contribution in [0, 0.1) is 0 Å². The molecule has 0 amide bonds. The Labute approximate surface area is 123 Å². The quantitative estimate of drug-likeness (QED) is 0.873. The summed E-state index contributed by atoms with van der Waals surface area (Å²) in [5.74, 6) is 1.78. The van der Waals surface area contributed by atoms with Crippen LogP contribution in [-0.2, 0) is 10.8 Å². The van der Waals surface area contributed by atoms with Crippen LogP contribution in [0.5, 0.6) is 5.75 Å². The van der Waals surface area contributed by atoms with Gasteiger partial charge >= 0.3 is 0 Å². The van der Waals surface area contributed by atoms with Crippen molar-refractivity contribution in [3.63, 3.8) is 0 Å². The highest BCUT2D eigenvalue weighted by Gasteiger charge is 2.17. The number of rotatable bonds is 5. The fourth-order valence-electron chi connectivity index (χ4n) is 2.46. The molecule has 0 aromatic heterocycles. The summed E-state index contributed by atoms with van der Waals surface area (Å²) in [5.41, 5.74) is 1.95. The van der Waals surface area contributed by atoms with Gasteiger partial charge in [0, 0.05) is 58.8 Å². The predicted octanol–water partition coefficient (Wildman–Crippen LogP) is 2.02. The molecular formula is C15H24N2O2S. The number of aromatic hydroxyl groups is 1. The molecule has 1 saturated heterocycles. The molecule has 1 atom stereocenters. The van der Waals surface area contributed by atoms with Crippen LogP contribution < -0.4 is 10.2 Å². The second kappa shape index (κ2) is 7.09. The lowest BCUT2D eigenvalue weighted by Crippen LogP contribution is -2.37. The maximum atomic E-state index is 11.4. The number of anilines is 1. The van der Waals surface area contributed by atoms with Crippen LogP contribution >= 0.6 is 0 Å². The summed E-state index contributed by atoms with van der Waals surface area (Å²) in [6.45, 7) is 6.74. The number of hydrogen-bond acceptors (Lipinski definition) is 4. The van der Waals surface area contributed by atoms with E-state index in [2.05, 4.69) is 24.1 Å². The van der Waals surface area contributed by atoms with Crippen molar-refractivity contribution in [3.05, 3.63) is 23.8 Å². The van der Waals surface area contributed by atoms with Gasteiger partial charge in [0.25, 0.3) is 0 Å². The topological polar surface area (TPSA) is 52.6 Å². The van der Waals surface area contributed by atoms with E-state index in [9.17, 15) is 9.32 Å². The zero-order valence-corrected chi connectivity index (χ0v) is 13.1. The number of hydrogen-bond donors (Lipinski definition) is 2. The van der Waals surface area contributed by atoms with Crippen LogP contribution in [-0.4, -0.2) is 40.5 Å². The number of benzene rings is 1. The van der Waals surface area contributed by atoms with E-state index in [1.54, 1.807) is 0 Å². The molecule has 1 fully saturated rings. The van der Waals surface area contributed by atoms with E-state index >= 15 is 0 Å². The summed E-state index contributed by atoms with van der Waals surface area (Å²) in [5, 5.41) is 13.6. The highest BCUT2D eigenvalue weighted by Crippen LogP contribution is 2.29. The van der Waals surface area contributed by atoms with E-state index in [1.165, 1.54) is 0 Å². The summed E-state index contributed by atoms with van der Waals surface area (Å²) in [6.07, 6.45) is 1.08. The lowest BCUT2D eigenvalue weighted by atomic mass is 10.1. The molecule has 0 bridgehead atoms. The number of phenolic OH excluding ortho intramolecular Hbond substituents is 1. The zero-order chi connectivity index (χ0) is 14.5. The van der Waals surface area contributed by atoms with E-state index in [1.807, 2.05) is 18.2 Å². The van der Waals surface area contributed by atoms with Crippen LogP contribution in [0.1, 0.15) is 31.9 Å². The van der Waals surface area contributed by atoms with E-state index in [-0.39, 0.29) is 6.04 Å². The van der Waals surface area contributed by atoms with E-state index in [0.717, 1.165) is 48.8 Å². The average molecular weight is 296 g/mol. The first-order chi connectivity index (χ1) is 9.61. The van der Waals surface area contributed by atoms with Crippen molar-refractivity contribution >= 4 is 16.5 Å². The Hall–Kier alpha value is -1.07. The Kier molecular flexibility index (Phi) is 5.43. The minimum Gasteiger partial charge on any atom is -0.508 e. The van der Waals surface area contributed by atoms with Crippen LogP contribution in [0.4, 0.5) is 5.69 Å². The summed E-state index contributed by atoms with van der Waals surface area (Å²) in [6, 6.07) is 6.02. The van der Waals surface area contributed by atoms with Crippen LogP contribution in [0.25, 0.3) is 0 Å². The van der Waals surface area contributed by atoms with Crippen molar-refractivity contribution in [3.8, 4) is 5.75 Å². The Morgan fingerprint density at radius 3 is 2.70 bits per heavy atom. The second-order valence-electron chi connectivity index (χ2n) is 5.25. The molecule has 112 valence electrons. The van der Waals surface area contributed by atoms with Crippen LogP contribution in [0.15, 0.2) is 18.2 Å². The van der Waals surface area contributed by atoms with Crippen molar-refractivity contribution in [2.24, 2.45) is 0 Å². The lowest BCUT2D eigenvalue weighted by Gasteiger charge is -2.29. The first-order valence-electron chi connectivity index (χ1n) is 7.28. The molecular weight excluding hydrogens is 272 g/mol. The van der Waals surface area contributed by atoms with E-state index in [0.29, 0.717) is 5.75 Å². The van der Waals surface area contributed by atoms with Gasteiger partial charge in [0.1, 0.15) is 5.75 Å². The number of nitrogens with one attached hydrogen (secondary N) is 1. The third-order valence-corrected chi connectivity index (χ3v) is 5.00. The molecule has 0 spiro atoms. The molecule has 0 radical (unpaired) electrons. The zero-order valence-electron chi connectivity index (χ0n) is 12.3. The first-order valence-corrected chi connectivity index (χ1v) is 8.77. The van der Waals surface area contributed by atoms with Gasteiger partial charge in [-0.05, 0) is 26.0 Å². The van der Waals surface area contributed by atoms with Crippen molar-refractivity contribution in [2.45, 2.75) is 26.3 Å². The third kappa shape index (κ3) is 3.73. The molecule has 1 heterocycles. The SMILES string of the molecule is CCCNC(C)c1ccc(N2CCS(=O)CC2)cc1O. The van der Waals surface area contributed by atoms with Gasteiger partial charge in [-0.2, -0.15) is 0 Å². The average Bonchev–Trinajstić information content (AvgIpc) is 2.45. The van der Waals surface area contributed by atoms with Crippen LogP contribution in [0.2, 0.25) is 0 Å². The maximum absolute atomic E-state index is 11.4. The summed E-state index contributed by atoms with van der Waals surface area (Å²) < 4.78 is 11.4. The largest absolute Gasteiger partial charge is 0.508 e. The van der Waals surface area contributed by atoms with Gasteiger partial charge in [0.05, 0.1) is 0 Å². The van der Waals surface area contributed by atoms with Crippen molar-refractivity contribution in [1.29, 1.82) is 0 Å². The lowest BCUT2D eigenvalue weighted by molar-refractivity contribution is 0.452. The molecule has 0 saturated carbocycles. The Morgan fingerprint density at radius 2 is 2.10 bits per heavy atom. The van der Waals surface area contributed by atoms with Gasteiger partial charge in [-0.1, -0.05) is 13.0 Å². The molecule has 20 heavy (non-hydrogen) atoms. The van der Waals surface area contributed by atoms with E-state index in [4.69, 9.17) is 0 Å². The summed E-state index contributed by atoms with van der Waals surface area (Å²) in [4.78, 5) is 2.19. The molecule has 4 nitrogen and oxygen atoms in total. The van der Waals surface area contributed by atoms with Crippen molar-refractivity contribution in [1.82, 2.24) is 5.32 Å².